The Balaban J connectivity index is 0.00000112. The number of rotatable bonds is 1. The molecule has 1 heterocycles. The first kappa shape index (κ1) is 11.1. The van der Waals surface area contributed by atoms with Crippen LogP contribution < -0.4 is 12.4 Å². The van der Waals surface area contributed by atoms with E-state index in [4.69, 9.17) is 5.39 Å². The summed E-state index contributed by atoms with van der Waals surface area (Å²) in [6, 6.07) is 7.17. The fourth-order valence-corrected chi connectivity index (χ4v) is 1.25. The zero-order valence-corrected chi connectivity index (χ0v) is 8.76. The average molecular weight is 222 g/mol. The first-order chi connectivity index (χ1) is 6.83. The lowest BCUT2D eigenvalue weighted by atomic mass is 10.2. The molecule has 0 aliphatic rings. The topological polar surface area (TPSA) is 58.9 Å². The number of aryl methyl sites for hydroxylation is 1. The summed E-state index contributed by atoms with van der Waals surface area (Å²) in [6.45, 7) is 1.88. The van der Waals surface area contributed by atoms with Gasteiger partial charge in [-0.2, -0.15) is 0 Å². The molecule has 1 aromatic heterocycles. The van der Waals surface area contributed by atoms with Gasteiger partial charge < -0.3 is 12.4 Å². The van der Waals surface area contributed by atoms with E-state index >= 15 is 0 Å². The van der Waals surface area contributed by atoms with Crippen LogP contribution in [0.15, 0.2) is 30.5 Å². The molecule has 0 saturated carbocycles. The van der Waals surface area contributed by atoms with Crippen molar-refractivity contribution in [2.45, 2.75) is 6.92 Å². The van der Waals surface area contributed by atoms with Crippen LogP contribution in [0.2, 0.25) is 0 Å². The van der Waals surface area contributed by atoms with Gasteiger partial charge in [-0.15, -0.1) is 5.10 Å². The molecule has 5 nitrogen and oxygen atoms in total. The maximum atomic E-state index is 8.77. The summed E-state index contributed by atoms with van der Waals surface area (Å²) in [5, 5.41) is 16.4. The molecule has 0 unspecified atom stereocenters. The Labute approximate surface area is 92.8 Å². The van der Waals surface area contributed by atoms with Gasteiger partial charge in [0.2, 0.25) is 5.39 Å². The molecule has 0 radical (unpaired) electrons. The molecule has 2 aromatic rings. The summed E-state index contributed by atoms with van der Waals surface area (Å²) in [5.41, 5.74) is 2.08. The number of hydrogen-bond donors (Lipinski definition) is 0. The van der Waals surface area contributed by atoms with Gasteiger partial charge in [0.15, 0.2) is 10.7 Å². The Morgan fingerprint density at radius 1 is 1.33 bits per heavy atom. The zero-order valence-electron chi connectivity index (χ0n) is 8.00. The summed E-state index contributed by atoms with van der Waals surface area (Å²) in [4.78, 5) is 3.18. The molecule has 1 aromatic carbocycles. The third-order valence-electron chi connectivity index (χ3n) is 1.94. The van der Waals surface area contributed by atoms with Crippen LogP contribution in [0, 0.1) is 12.3 Å². The van der Waals surface area contributed by atoms with Crippen LogP contribution in [0.1, 0.15) is 5.69 Å². The summed E-state index contributed by atoms with van der Waals surface area (Å²) >= 11 is 0. The Morgan fingerprint density at radius 3 is 2.67 bits per heavy atom. The van der Waals surface area contributed by atoms with Crippen molar-refractivity contribution in [3.63, 3.8) is 0 Å². The summed E-state index contributed by atoms with van der Waals surface area (Å²) in [5.74, 6) is 0. The van der Waals surface area contributed by atoms with Crippen LogP contribution in [-0.4, -0.2) is 15.0 Å². The lowest BCUT2D eigenvalue weighted by molar-refractivity contribution is -0.00000324. The van der Waals surface area contributed by atoms with Crippen molar-refractivity contribution in [1.82, 2.24) is 15.0 Å². The van der Waals surface area contributed by atoms with Crippen LogP contribution in [0.5, 0.6) is 0 Å². The Hall–Kier alpha value is -1.93. The lowest BCUT2D eigenvalue weighted by Gasteiger charge is -1.97. The minimum Gasteiger partial charge on any atom is -1.00 e. The average Bonchev–Trinajstić information content (AvgIpc) is 2.64. The molecule has 0 bridgehead atoms. The van der Waals surface area contributed by atoms with E-state index in [1.807, 2.05) is 19.1 Å². The van der Waals surface area contributed by atoms with Crippen molar-refractivity contribution in [3.8, 4) is 5.69 Å². The molecule has 2 rings (SSSR count). The van der Waals surface area contributed by atoms with Crippen LogP contribution in [0.25, 0.3) is 10.7 Å². The van der Waals surface area contributed by atoms with Gasteiger partial charge >= 0.3 is 5.69 Å². The predicted molar refractivity (Wildman–Crippen MR) is 50.8 cm³/mol. The van der Waals surface area contributed by atoms with Gasteiger partial charge in [0.05, 0.1) is 11.9 Å². The number of halogens is 1. The number of para-hydroxylation sites is 1. The van der Waals surface area contributed by atoms with Crippen molar-refractivity contribution in [3.05, 3.63) is 41.1 Å². The van der Waals surface area contributed by atoms with Crippen molar-refractivity contribution in [1.29, 1.82) is 5.39 Å². The molecule has 6 heteroatoms. The second kappa shape index (κ2) is 4.53. The molecule has 0 amide bonds. The number of benzene rings is 1. The second-order valence-corrected chi connectivity index (χ2v) is 2.88. The largest absolute Gasteiger partial charge is 1.00 e. The van der Waals surface area contributed by atoms with Crippen LogP contribution in [0.3, 0.4) is 0 Å². The Bertz CT molecular complexity index is 499. The van der Waals surface area contributed by atoms with Gasteiger partial charge in [-0.3, -0.25) is 0 Å². The SMILES string of the molecule is Cc1cnnn1-c1ccccc1[N+]#N.[Cl-]. The molecule has 0 N–H and O–H groups in total. The third kappa shape index (κ3) is 1.95. The maximum absolute atomic E-state index is 8.77. The van der Waals surface area contributed by atoms with Crippen molar-refractivity contribution >= 4 is 5.69 Å². The molecular weight excluding hydrogens is 214 g/mol. The van der Waals surface area contributed by atoms with Gasteiger partial charge in [0, 0.05) is 6.07 Å². The third-order valence-corrected chi connectivity index (χ3v) is 1.94. The van der Waals surface area contributed by atoms with Crippen molar-refractivity contribution in [2.24, 2.45) is 0 Å². The molecular formula is C9H8ClN5. The van der Waals surface area contributed by atoms with Gasteiger partial charge in [0.25, 0.3) is 0 Å². The number of nitrogens with zero attached hydrogens (tertiary/aromatic N) is 5. The normalized spacial score (nSPS) is 9.07. The summed E-state index contributed by atoms with van der Waals surface area (Å²) in [6.07, 6.45) is 1.65. The van der Waals surface area contributed by atoms with Gasteiger partial charge in [0.1, 0.15) is 0 Å². The minimum absolute atomic E-state index is 0. The number of aromatic nitrogens is 3. The smallest absolute Gasteiger partial charge is 0.410 e. The highest BCUT2D eigenvalue weighted by atomic mass is 35.5. The number of hydrogen-bond acceptors (Lipinski definition) is 3. The predicted octanol–water partition coefficient (Wildman–Crippen LogP) is -0.936. The monoisotopic (exact) mass is 221 g/mol. The molecule has 0 saturated heterocycles. The van der Waals surface area contributed by atoms with Crippen LogP contribution >= 0.6 is 0 Å². The Kier molecular flexibility index (Phi) is 3.37. The fraction of sp³-hybridized carbons (Fsp3) is 0.111. The second-order valence-electron chi connectivity index (χ2n) is 2.88. The van der Waals surface area contributed by atoms with E-state index in [1.165, 1.54) is 0 Å². The van der Waals surface area contributed by atoms with Crippen LogP contribution in [-0.2, 0) is 0 Å². The van der Waals surface area contributed by atoms with E-state index in [1.54, 1.807) is 23.0 Å². The molecule has 0 aliphatic carbocycles. The van der Waals surface area contributed by atoms with E-state index in [-0.39, 0.29) is 12.4 Å². The van der Waals surface area contributed by atoms with E-state index in [0.717, 1.165) is 5.69 Å². The molecule has 0 fully saturated rings. The highest BCUT2D eigenvalue weighted by molar-refractivity contribution is 5.61. The molecule has 0 atom stereocenters. The van der Waals surface area contributed by atoms with E-state index < -0.39 is 0 Å². The first-order valence-corrected chi connectivity index (χ1v) is 4.15. The minimum atomic E-state index is 0. The maximum Gasteiger partial charge on any atom is 0.410 e. The summed E-state index contributed by atoms with van der Waals surface area (Å²) < 4.78 is 1.62. The van der Waals surface area contributed by atoms with E-state index in [9.17, 15) is 0 Å². The van der Waals surface area contributed by atoms with Gasteiger partial charge in [-0.25, -0.2) is 4.68 Å². The number of diazo groups is 1. The van der Waals surface area contributed by atoms with E-state index in [0.29, 0.717) is 11.4 Å². The summed E-state index contributed by atoms with van der Waals surface area (Å²) in [7, 11) is 0. The van der Waals surface area contributed by atoms with Gasteiger partial charge in [-0.05, 0) is 13.0 Å². The highest BCUT2D eigenvalue weighted by Gasteiger charge is 2.15. The lowest BCUT2D eigenvalue weighted by Crippen LogP contribution is -3.00. The zero-order chi connectivity index (χ0) is 9.97. The molecule has 76 valence electrons. The highest BCUT2D eigenvalue weighted by Crippen LogP contribution is 2.22. The standard InChI is InChI=1S/C9H8N5.ClH/c1-7-6-11-13-14(7)9-5-3-2-4-8(9)12-10;/h2-6H,1H3;1H/q+1;/p-1. The quantitative estimate of drug-likeness (QED) is 0.585. The fourth-order valence-electron chi connectivity index (χ4n) is 1.25. The van der Waals surface area contributed by atoms with E-state index in [2.05, 4.69) is 15.3 Å². The molecule has 0 aliphatic heterocycles. The van der Waals surface area contributed by atoms with Crippen LogP contribution in [0.4, 0.5) is 5.69 Å². The van der Waals surface area contributed by atoms with Crippen molar-refractivity contribution in [2.75, 3.05) is 0 Å². The molecule has 15 heavy (non-hydrogen) atoms. The molecule has 0 spiro atoms. The van der Waals surface area contributed by atoms with Crippen molar-refractivity contribution < 1.29 is 12.4 Å². The van der Waals surface area contributed by atoms with Gasteiger partial charge in [-0.1, -0.05) is 17.3 Å². The first-order valence-electron chi connectivity index (χ1n) is 4.15. The Morgan fingerprint density at radius 2 is 2.07 bits per heavy atom.